The maximum Gasteiger partial charge on any atom is 0.494 e. The average molecular weight is 463 g/mol. The molecule has 1 aromatic heterocycles. The van der Waals surface area contributed by atoms with Crippen LogP contribution in [-0.4, -0.2) is 35.0 Å². The van der Waals surface area contributed by atoms with E-state index in [9.17, 15) is 5.11 Å². The van der Waals surface area contributed by atoms with E-state index in [0.717, 1.165) is 27.3 Å². The lowest BCUT2D eigenvalue weighted by atomic mass is 9.76. The fourth-order valence-electron chi connectivity index (χ4n) is 4.40. The maximum absolute atomic E-state index is 11.2. The Morgan fingerprint density at radius 1 is 1.06 bits per heavy atom. The molecule has 3 unspecified atom stereocenters. The number of ether oxygens (including phenoxy) is 1. The zero-order chi connectivity index (χ0) is 23.4. The van der Waals surface area contributed by atoms with E-state index in [4.69, 9.17) is 19.0 Å². The standard InChI is InChI=1S/C26H30BNO4S/c1-16(21-15-33-24(28-21)17-9-7-6-8-10-17)20-14-30-22-13-18(11-12-19(22)23(20)29)27-31-25(2,3)26(4,5)32-27/h6-13,15-16,20,23,29H,14H2,1-5H3. The van der Waals surface area contributed by atoms with Crippen molar-refractivity contribution >= 4 is 23.9 Å². The van der Waals surface area contributed by atoms with Crippen molar-refractivity contribution in [3.8, 4) is 16.3 Å². The maximum atomic E-state index is 11.2. The van der Waals surface area contributed by atoms with E-state index < -0.39 is 24.4 Å². The molecule has 33 heavy (non-hydrogen) atoms. The Hall–Kier alpha value is -2.19. The highest BCUT2D eigenvalue weighted by Gasteiger charge is 2.52. The van der Waals surface area contributed by atoms with Crippen LogP contribution in [0, 0.1) is 5.92 Å². The zero-order valence-corrected chi connectivity index (χ0v) is 20.6. The molecule has 172 valence electrons. The summed E-state index contributed by atoms with van der Waals surface area (Å²) in [6.45, 7) is 10.7. The van der Waals surface area contributed by atoms with Crippen LogP contribution in [0.25, 0.3) is 10.6 Å². The van der Waals surface area contributed by atoms with Crippen molar-refractivity contribution in [3.63, 3.8) is 0 Å². The molecule has 5 nitrogen and oxygen atoms in total. The Balaban J connectivity index is 1.34. The average Bonchev–Trinajstić information content (AvgIpc) is 3.36. The highest BCUT2D eigenvalue weighted by Crippen LogP contribution is 2.43. The van der Waals surface area contributed by atoms with Crippen LogP contribution in [0.4, 0.5) is 0 Å². The molecule has 2 aromatic carbocycles. The van der Waals surface area contributed by atoms with E-state index in [0.29, 0.717) is 12.4 Å². The molecule has 0 aliphatic carbocycles. The lowest BCUT2D eigenvalue weighted by Crippen LogP contribution is -2.41. The number of rotatable bonds is 4. The molecule has 0 radical (unpaired) electrons. The molecule has 0 spiro atoms. The van der Waals surface area contributed by atoms with E-state index in [-0.39, 0.29) is 11.8 Å². The molecule has 1 fully saturated rings. The first kappa shape index (κ1) is 22.6. The van der Waals surface area contributed by atoms with Gasteiger partial charge >= 0.3 is 7.12 Å². The predicted molar refractivity (Wildman–Crippen MR) is 132 cm³/mol. The van der Waals surface area contributed by atoms with Gasteiger partial charge in [-0.05, 0) is 39.2 Å². The molecule has 2 aliphatic rings. The number of aliphatic hydroxyl groups is 1. The minimum Gasteiger partial charge on any atom is -0.493 e. The van der Waals surface area contributed by atoms with Crippen LogP contribution in [0.5, 0.6) is 5.75 Å². The van der Waals surface area contributed by atoms with Crippen molar-refractivity contribution in [2.24, 2.45) is 5.92 Å². The first-order chi connectivity index (χ1) is 15.7. The van der Waals surface area contributed by atoms with Crippen molar-refractivity contribution in [2.45, 2.75) is 57.8 Å². The van der Waals surface area contributed by atoms with Gasteiger partial charge in [-0.2, -0.15) is 0 Å². The third-order valence-corrected chi connectivity index (χ3v) is 8.28. The van der Waals surface area contributed by atoms with Crippen LogP contribution in [-0.2, 0) is 9.31 Å². The predicted octanol–water partition coefficient (Wildman–Crippen LogP) is 4.96. The number of benzene rings is 2. The lowest BCUT2D eigenvalue weighted by Gasteiger charge is -2.34. The Morgan fingerprint density at radius 2 is 1.76 bits per heavy atom. The van der Waals surface area contributed by atoms with Gasteiger partial charge in [0.2, 0.25) is 0 Å². The van der Waals surface area contributed by atoms with E-state index in [1.807, 2.05) is 64.1 Å². The van der Waals surface area contributed by atoms with Crippen molar-refractivity contribution in [1.29, 1.82) is 0 Å². The quantitative estimate of drug-likeness (QED) is 0.555. The van der Waals surface area contributed by atoms with Crippen LogP contribution in [0.1, 0.15) is 57.9 Å². The molecule has 0 saturated carbocycles. The van der Waals surface area contributed by atoms with Crippen molar-refractivity contribution < 1.29 is 19.2 Å². The Bertz CT molecular complexity index is 1130. The second-order valence-electron chi connectivity index (χ2n) is 10.0. The SMILES string of the molecule is CC(c1csc(-c2ccccc2)n1)C1COc2cc(B3OC(C)(C)C(C)(C)O3)ccc2C1O. The zero-order valence-electron chi connectivity index (χ0n) is 19.7. The monoisotopic (exact) mass is 463 g/mol. The second kappa shape index (κ2) is 8.24. The van der Waals surface area contributed by atoms with Gasteiger partial charge in [-0.1, -0.05) is 49.4 Å². The smallest absolute Gasteiger partial charge is 0.493 e. The third kappa shape index (κ3) is 4.01. The first-order valence-electron chi connectivity index (χ1n) is 11.5. The topological polar surface area (TPSA) is 60.8 Å². The Kier molecular flexibility index (Phi) is 5.64. The normalized spacial score (nSPS) is 24.2. The fraction of sp³-hybridized carbons (Fsp3) is 0.423. The van der Waals surface area contributed by atoms with Gasteiger partial charge in [0, 0.05) is 28.3 Å². The molecule has 0 bridgehead atoms. The number of aliphatic hydroxyl groups excluding tert-OH is 1. The molecular weight excluding hydrogens is 433 g/mol. The molecule has 0 amide bonds. The van der Waals surface area contributed by atoms with Gasteiger partial charge in [-0.15, -0.1) is 11.3 Å². The summed E-state index contributed by atoms with van der Waals surface area (Å²) in [7, 11) is -0.455. The highest BCUT2D eigenvalue weighted by atomic mass is 32.1. The Morgan fingerprint density at radius 3 is 2.45 bits per heavy atom. The van der Waals surface area contributed by atoms with Crippen LogP contribution in [0.2, 0.25) is 0 Å². The third-order valence-electron chi connectivity index (χ3n) is 7.37. The summed E-state index contributed by atoms with van der Waals surface area (Å²) in [6.07, 6.45) is -0.627. The van der Waals surface area contributed by atoms with Gasteiger partial charge in [-0.25, -0.2) is 4.98 Å². The number of fused-ring (bicyclic) bond motifs is 1. The number of hydrogen-bond acceptors (Lipinski definition) is 6. The van der Waals surface area contributed by atoms with Crippen LogP contribution >= 0.6 is 11.3 Å². The van der Waals surface area contributed by atoms with Gasteiger partial charge in [-0.3, -0.25) is 0 Å². The molecule has 5 rings (SSSR count). The number of nitrogens with zero attached hydrogens (tertiary/aromatic N) is 1. The van der Waals surface area contributed by atoms with E-state index in [2.05, 4.69) is 24.4 Å². The summed E-state index contributed by atoms with van der Waals surface area (Å²) in [4.78, 5) is 4.86. The first-order valence-corrected chi connectivity index (χ1v) is 12.4. The summed E-state index contributed by atoms with van der Waals surface area (Å²) >= 11 is 1.64. The van der Waals surface area contributed by atoms with Crippen LogP contribution in [0.3, 0.4) is 0 Å². The second-order valence-corrected chi connectivity index (χ2v) is 10.9. The minimum absolute atomic E-state index is 0.0598. The molecule has 7 heteroatoms. The highest BCUT2D eigenvalue weighted by molar-refractivity contribution is 7.13. The molecule has 3 atom stereocenters. The van der Waals surface area contributed by atoms with Gasteiger partial charge in [0.05, 0.1) is 29.6 Å². The molecule has 1 N–H and O–H groups in total. The minimum atomic E-state index is -0.627. The summed E-state index contributed by atoms with van der Waals surface area (Å²) in [5.41, 5.74) is 3.00. The molecule has 1 saturated heterocycles. The van der Waals surface area contributed by atoms with Gasteiger partial charge in [0.1, 0.15) is 10.8 Å². The summed E-state index contributed by atoms with van der Waals surface area (Å²) in [5.74, 6) is 0.678. The number of hydrogen-bond donors (Lipinski definition) is 1. The number of aromatic nitrogens is 1. The van der Waals surface area contributed by atoms with Crippen molar-refractivity contribution in [1.82, 2.24) is 4.98 Å². The molecular formula is C26H30BNO4S. The van der Waals surface area contributed by atoms with Crippen LogP contribution < -0.4 is 10.2 Å². The fourth-order valence-corrected chi connectivity index (χ4v) is 5.33. The van der Waals surface area contributed by atoms with E-state index in [1.54, 1.807) is 11.3 Å². The molecule has 3 heterocycles. The summed E-state index contributed by atoms with van der Waals surface area (Å²) in [6, 6.07) is 16.0. The molecule has 3 aromatic rings. The van der Waals surface area contributed by atoms with Crippen molar-refractivity contribution in [2.75, 3.05) is 6.61 Å². The Labute approximate surface area is 199 Å². The van der Waals surface area contributed by atoms with E-state index in [1.165, 1.54) is 0 Å². The van der Waals surface area contributed by atoms with Crippen molar-refractivity contribution in [3.05, 3.63) is 65.2 Å². The molecule has 2 aliphatic heterocycles. The van der Waals surface area contributed by atoms with Gasteiger partial charge in [0.25, 0.3) is 0 Å². The summed E-state index contributed by atoms with van der Waals surface area (Å²) < 4.78 is 18.5. The largest absolute Gasteiger partial charge is 0.494 e. The van der Waals surface area contributed by atoms with Gasteiger partial charge < -0.3 is 19.2 Å². The van der Waals surface area contributed by atoms with Crippen LogP contribution in [0.15, 0.2) is 53.9 Å². The lowest BCUT2D eigenvalue weighted by molar-refractivity contribution is 0.00578. The number of thiazole rings is 1. The summed E-state index contributed by atoms with van der Waals surface area (Å²) in [5, 5.41) is 14.3. The van der Waals surface area contributed by atoms with Gasteiger partial charge in [0.15, 0.2) is 0 Å². The van der Waals surface area contributed by atoms with E-state index >= 15 is 0 Å².